The normalized spacial score (nSPS) is 15.2. The monoisotopic (exact) mass is 355 g/mol. The lowest BCUT2D eigenvalue weighted by molar-refractivity contribution is -0.124. The van der Waals surface area contributed by atoms with Gasteiger partial charge in [0.1, 0.15) is 12.7 Å². The van der Waals surface area contributed by atoms with Crippen LogP contribution in [-0.4, -0.2) is 37.7 Å². The molecule has 1 heterocycles. The van der Waals surface area contributed by atoms with Crippen LogP contribution in [0.3, 0.4) is 0 Å². The van der Waals surface area contributed by atoms with Gasteiger partial charge in [-0.2, -0.15) is 0 Å². The molecule has 2 aromatic rings. The number of ether oxygens (including phenoxy) is 3. The molecule has 1 aliphatic rings. The highest BCUT2D eigenvalue weighted by Crippen LogP contribution is 2.30. The first-order valence-corrected chi connectivity index (χ1v) is 8.57. The molecule has 1 amide bonds. The SMILES string of the molecule is CCc1ccc(C(=O)OCC(=O)NC[C@@H]2COc3ccccc3O2)cc1. The zero-order chi connectivity index (χ0) is 18.4. The molecule has 0 saturated heterocycles. The highest BCUT2D eigenvalue weighted by Gasteiger charge is 2.21. The molecule has 0 radical (unpaired) electrons. The molecule has 3 rings (SSSR count). The van der Waals surface area contributed by atoms with Crippen molar-refractivity contribution in [1.82, 2.24) is 5.32 Å². The minimum atomic E-state index is -0.519. The molecule has 0 saturated carbocycles. The molecule has 1 atom stereocenters. The molecule has 2 aromatic carbocycles. The van der Waals surface area contributed by atoms with Crippen molar-refractivity contribution < 1.29 is 23.8 Å². The smallest absolute Gasteiger partial charge is 0.338 e. The van der Waals surface area contributed by atoms with Crippen molar-refractivity contribution in [3.05, 3.63) is 59.7 Å². The molecule has 26 heavy (non-hydrogen) atoms. The number of hydrogen-bond acceptors (Lipinski definition) is 5. The lowest BCUT2D eigenvalue weighted by Gasteiger charge is -2.26. The van der Waals surface area contributed by atoms with Crippen LogP contribution in [0.15, 0.2) is 48.5 Å². The second-order valence-electron chi connectivity index (χ2n) is 5.93. The number of para-hydroxylation sites is 2. The van der Waals surface area contributed by atoms with E-state index in [0.29, 0.717) is 23.7 Å². The van der Waals surface area contributed by atoms with Crippen LogP contribution in [0.4, 0.5) is 0 Å². The molecule has 1 N–H and O–H groups in total. The zero-order valence-corrected chi connectivity index (χ0v) is 14.6. The summed E-state index contributed by atoms with van der Waals surface area (Å²) in [5.74, 6) is 0.443. The van der Waals surface area contributed by atoms with Gasteiger partial charge in [0, 0.05) is 0 Å². The number of carbonyl (C=O) groups is 2. The molecule has 0 fully saturated rings. The lowest BCUT2D eigenvalue weighted by atomic mass is 10.1. The molecule has 0 aliphatic carbocycles. The Morgan fingerprint density at radius 3 is 2.58 bits per heavy atom. The van der Waals surface area contributed by atoms with Gasteiger partial charge in [0.2, 0.25) is 0 Å². The maximum absolute atomic E-state index is 11.9. The Kier molecular flexibility index (Phi) is 5.73. The topological polar surface area (TPSA) is 73.9 Å². The van der Waals surface area contributed by atoms with Gasteiger partial charge in [-0.25, -0.2) is 4.79 Å². The summed E-state index contributed by atoms with van der Waals surface area (Å²) >= 11 is 0. The Bertz CT molecular complexity index is 772. The van der Waals surface area contributed by atoms with Gasteiger partial charge in [-0.1, -0.05) is 31.2 Å². The number of fused-ring (bicyclic) bond motifs is 1. The van der Waals surface area contributed by atoms with E-state index in [1.54, 1.807) is 12.1 Å². The quantitative estimate of drug-likeness (QED) is 0.806. The number of aryl methyl sites for hydroxylation is 1. The minimum Gasteiger partial charge on any atom is -0.486 e. The Hall–Kier alpha value is -3.02. The van der Waals surface area contributed by atoms with Crippen LogP contribution in [0.2, 0.25) is 0 Å². The first-order chi connectivity index (χ1) is 12.7. The van der Waals surface area contributed by atoms with Crippen LogP contribution in [-0.2, 0) is 16.0 Å². The molecule has 0 spiro atoms. The van der Waals surface area contributed by atoms with Gasteiger partial charge in [-0.3, -0.25) is 4.79 Å². The predicted octanol–water partition coefficient (Wildman–Crippen LogP) is 2.36. The maximum atomic E-state index is 11.9. The molecule has 6 nitrogen and oxygen atoms in total. The molecular formula is C20H21NO5. The van der Waals surface area contributed by atoms with Gasteiger partial charge in [0.25, 0.3) is 5.91 Å². The van der Waals surface area contributed by atoms with Gasteiger partial charge in [-0.15, -0.1) is 0 Å². The number of benzene rings is 2. The Balaban J connectivity index is 1.41. The van der Waals surface area contributed by atoms with Gasteiger partial charge in [-0.05, 0) is 36.2 Å². The van der Waals surface area contributed by atoms with E-state index < -0.39 is 5.97 Å². The first-order valence-electron chi connectivity index (χ1n) is 8.57. The van der Waals surface area contributed by atoms with E-state index in [2.05, 4.69) is 5.32 Å². The summed E-state index contributed by atoms with van der Waals surface area (Å²) in [6.45, 7) is 2.33. The Morgan fingerprint density at radius 1 is 1.12 bits per heavy atom. The van der Waals surface area contributed by atoms with Crippen LogP contribution in [0.5, 0.6) is 11.5 Å². The summed E-state index contributed by atoms with van der Waals surface area (Å²) in [5, 5.41) is 2.69. The molecule has 1 aliphatic heterocycles. The fourth-order valence-electron chi connectivity index (χ4n) is 2.53. The molecule has 0 bridgehead atoms. The van der Waals surface area contributed by atoms with E-state index in [1.807, 2.05) is 43.3 Å². The second-order valence-corrected chi connectivity index (χ2v) is 5.93. The van der Waals surface area contributed by atoms with Crippen LogP contribution in [0.1, 0.15) is 22.8 Å². The highest BCUT2D eigenvalue weighted by atomic mass is 16.6. The fraction of sp³-hybridized carbons (Fsp3) is 0.300. The van der Waals surface area contributed by atoms with Crippen LogP contribution >= 0.6 is 0 Å². The highest BCUT2D eigenvalue weighted by molar-refractivity contribution is 5.91. The van der Waals surface area contributed by atoms with E-state index in [0.717, 1.165) is 12.0 Å². The van der Waals surface area contributed by atoms with Crippen molar-refractivity contribution in [1.29, 1.82) is 0 Å². The molecule has 0 unspecified atom stereocenters. The predicted molar refractivity (Wildman–Crippen MR) is 95.5 cm³/mol. The summed E-state index contributed by atoms with van der Waals surface area (Å²) in [4.78, 5) is 23.8. The van der Waals surface area contributed by atoms with Crippen LogP contribution in [0.25, 0.3) is 0 Å². The third-order valence-corrected chi connectivity index (χ3v) is 4.03. The number of rotatable bonds is 6. The minimum absolute atomic E-state index is 0.274. The number of amides is 1. The van der Waals surface area contributed by atoms with Crippen molar-refractivity contribution in [3.63, 3.8) is 0 Å². The van der Waals surface area contributed by atoms with E-state index in [1.165, 1.54) is 0 Å². The number of nitrogens with one attached hydrogen (secondary N) is 1. The Morgan fingerprint density at radius 2 is 1.85 bits per heavy atom. The summed E-state index contributed by atoms with van der Waals surface area (Å²) < 4.78 is 16.4. The van der Waals surface area contributed by atoms with Gasteiger partial charge < -0.3 is 19.5 Å². The molecule has 136 valence electrons. The van der Waals surface area contributed by atoms with E-state index in [-0.39, 0.29) is 25.2 Å². The summed E-state index contributed by atoms with van der Waals surface area (Å²) in [7, 11) is 0. The van der Waals surface area contributed by atoms with Crippen molar-refractivity contribution in [2.45, 2.75) is 19.4 Å². The molecule has 6 heteroatoms. The largest absolute Gasteiger partial charge is 0.486 e. The van der Waals surface area contributed by atoms with Gasteiger partial charge >= 0.3 is 5.97 Å². The van der Waals surface area contributed by atoms with Crippen LogP contribution < -0.4 is 14.8 Å². The van der Waals surface area contributed by atoms with Gasteiger partial charge in [0.05, 0.1) is 12.1 Å². The summed E-state index contributed by atoms with van der Waals surface area (Å²) in [6, 6.07) is 14.5. The average Bonchev–Trinajstić information content (AvgIpc) is 2.70. The van der Waals surface area contributed by atoms with Crippen molar-refractivity contribution in [2.24, 2.45) is 0 Å². The number of hydrogen-bond donors (Lipinski definition) is 1. The van der Waals surface area contributed by atoms with Crippen LogP contribution in [0, 0.1) is 0 Å². The number of esters is 1. The van der Waals surface area contributed by atoms with E-state index in [9.17, 15) is 9.59 Å². The zero-order valence-electron chi connectivity index (χ0n) is 14.6. The summed E-state index contributed by atoms with van der Waals surface area (Å²) in [5.41, 5.74) is 1.56. The number of carbonyl (C=O) groups excluding carboxylic acids is 2. The summed E-state index contributed by atoms with van der Waals surface area (Å²) in [6.07, 6.45) is 0.612. The maximum Gasteiger partial charge on any atom is 0.338 e. The van der Waals surface area contributed by atoms with Crippen molar-refractivity contribution in [2.75, 3.05) is 19.8 Å². The van der Waals surface area contributed by atoms with E-state index >= 15 is 0 Å². The second kappa shape index (κ2) is 8.38. The first kappa shape index (κ1) is 17.8. The lowest BCUT2D eigenvalue weighted by Crippen LogP contribution is -2.42. The fourth-order valence-corrected chi connectivity index (χ4v) is 2.53. The van der Waals surface area contributed by atoms with E-state index in [4.69, 9.17) is 14.2 Å². The van der Waals surface area contributed by atoms with Crippen molar-refractivity contribution >= 4 is 11.9 Å². The Labute approximate surface area is 152 Å². The third kappa shape index (κ3) is 4.53. The average molecular weight is 355 g/mol. The van der Waals surface area contributed by atoms with Crippen molar-refractivity contribution in [3.8, 4) is 11.5 Å². The molecule has 0 aromatic heterocycles. The van der Waals surface area contributed by atoms with Gasteiger partial charge in [0.15, 0.2) is 18.1 Å². The molecular weight excluding hydrogens is 334 g/mol. The standard InChI is InChI=1S/C20H21NO5/c1-2-14-7-9-15(10-8-14)20(23)25-13-19(22)21-11-16-12-24-17-5-3-4-6-18(17)26-16/h3-10,16H,2,11-13H2,1H3,(H,21,22)/t16-/m1/s1. The third-order valence-electron chi connectivity index (χ3n) is 4.03.